The van der Waals surface area contributed by atoms with Crippen LogP contribution in [0.15, 0.2) is 48.5 Å². The Hall–Kier alpha value is -1.51. The van der Waals surface area contributed by atoms with Gasteiger partial charge in [0, 0.05) is 18.2 Å². The molecule has 22 heavy (non-hydrogen) atoms. The summed E-state index contributed by atoms with van der Waals surface area (Å²) >= 11 is 0. The molecule has 1 heterocycles. The maximum atomic E-state index is 3.60. The van der Waals surface area contributed by atoms with Gasteiger partial charge in [0.15, 0.2) is 0 Å². The zero-order chi connectivity index (χ0) is 14.7. The highest BCUT2D eigenvalue weighted by Gasteiger charge is 2.22. The molecule has 0 aromatic heterocycles. The monoisotopic (exact) mass is 316 g/mol. The minimum absolute atomic E-state index is 0. The summed E-state index contributed by atoms with van der Waals surface area (Å²) in [4.78, 5) is 2.27. The smallest absolute Gasteiger partial charge is 0.0403 e. The second-order valence-corrected chi connectivity index (χ2v) is 6.14. The quantitative estimate of drug-likeness (QED) is 0.893. The summed E-state index contributed by atoms with van der Waals surface area (Å²) in [7, 11) is 4.30. The van der Waals surface area contributed by atoms with Crippen molar-refractivity contribution in [1.82, 2.24) is 4.90 Å². The van der Waals surface area contributed by atoms with Gasteiger partial charge in [-0.05, 0) is 56.2 Å². The lowest BCUT2D eigenvalue weighted by atomic mass is 9.85. The third-order valence-electron chi connectivity index (χ3n) is 4.33. The molecule has 3 heteroatoms. The van der Waals surface area contributed by atoms with Gasteiger partial charge in [-0.1, -0.05) is 42.5 Å². The van der Waals surface area contributed by atoms with Crippen molar-refractivity contribution < 1.29 is 0 Å². The highest BCUT2D eigenvalue weighted by molar-refractivity contribution is 5.85. The number of para-hydroxylation sites is 1. The van der Waals surface area contributed by atoms with Crippen molar-refractivity contribution in [3.05, 3.63) is 65.2 Å². The van der Waals surface area contributed by atoms with E-state index in [0.29, 0.717) is 5.92 Å². The van der Waals surface area contributed by atoms with Crippen LogP contribution in [0.5, 0.6) is 0 Å². The fourth-order valence-electron chi connectivity index (χ4n) is 3.28. The van der Waals surface area contributed by atoms with E-state index in [4.69, 9.17) is 0 Å². The Labute approximate surface area is 140 Å². The van der Waals surface area contributed by atoms with Crippen LogP contribution in [0.4, 0.5) is 5.69 Å². The van der Waals surface area contributed by atoms with Gasteiger partial charge in [-0.15, -0.1) is 12.4 Å². The molecule has 0 amide bonds. The second kappa shape index (κ2) is 7.66. The molecular formula is C19H25ClN2. The molecule has 1 unspecified atom stereocenters. The molecule has 0 aliphatic carbocycles. The summed E-state index contributed by atoms with van der Waals surface area (Å²) in [5.41, 5.74) is 5.67. The maximum absolute atomic E-state index is 3.60. The van der Waals surface area contributed by atoms with Crippen molar-refractivity contribution in [2.45, 2.75) is 25.3 Å². The molecule has 118 valence electrons. The average Bonchev–Trinajstić information content (AvgIpc) is 2.65. The predicted octanol–water partition coefficient (Wildman–Crippen LogP) is 4.51. The molecule has 2 aromatic rings. The molecule has 0 saturated carbocycles. The molecule has 1 aliphatic rings. The van der Waals surface area contributed by atoms with E-state index in [1.54, 1.807) is 0 Å². The van der Waals surface area contributed by atoms with E-state index in [9.17, 15) is 0 Å². The summed E-state index contributed by atoms with van der Waals surface area (Å²) < 4.78 is 0. The lowest BCUT2D eigenvalue weighted by Gasteiger charge is -2.20. The number of halogens is 1. The summed E-state index contributed by atoms with van der Waals surface area (Å²) in [6.07, 6.45) is 2.42. The first-order valence-electron chi connectivity index (χ1n) is 7.81. The van der Waals surface area contributed by atoms with Gasteiger partial charge in [0.2, 0.25) is 0 Å². The third-order valence-corrected chi connectivity index (χ3v) is 4.33. The number of fused-ring (bicyclic) bond motifs is 2. The molecule has 0 spiro atoms. The Morgan fingerprint density at radius 1 is 1.00 bits per heavy atom. The van der Waals surface area contributed by atoms with E-state index in [1.807, 2.05) is 0 Å². The van der Waals surface area contributed by atoms with Gasteiger partial charge < -0.3 is 10.2 Å². The lowest BCUT2D eigenvalue weighted by Crippen LogP contribution is -2.14. The zero-order valence-electron chi connectivity index (χ0n) is 13.4. The second-order valence-electron chi connectivity index (χ2n) is 6.14. The van der Waals surface area contributed by atoms with Gasteiger partial charge in [-0.25, -0.2) is 0 Å². The van der Waals surface area contributed by atoms with E-state index in [1.165, 1.54) is 35.2 Å². The zero-order valence-corrected chi connectivity index (χ0v) is 14.2. The van der Waals surface area contributed by atoms with Crippen LogP contribution >= 0.6 is 12.4 Å². The fourth-order valence-corrected chi connectivity index (χ4v) is 3.28. The van der Waals surface area contributed by atoms with Gasteiger partial charge in [0.1, 0.15) is 0 Å². The number of nitrogens with zero attached hydrogens (tertiary/aromatic N) is 1. The van der Waals surface area contributed by atoms with Crippen LogP contribution in [0, 0.1) is 0 Å². The molecule has 3 rings (SSSR count). The van der Waals surface area contributed by atoms with E-state index >= 15 is 0 Å². The summed E-state index contributed by atoms with van der Waals surface area (Å²) in [5, 5.41) is 3.60. The maximum Gasteiger partial charge on any atom is 0.0403 e. The molecule has 1 N–H and O–H groups in total. The summed E-state index contributed by atoms with van der Waals surface area (Å²) in [6, 6.07) is 17.7. The highest BCUT2D eigenvalue weighted by Crippen LogP contribution is 2.38. The number of benzene rings is 2. The first-order valence-corrected chi connectivity index (χ1v) is 7.81. The topological polar surface area (TPSA) is 15.3 Å². The minimum Gasteiger partial charge on any atom is -0.381 e. The lowest BCUT2D eigenvalue weighted by molar-refractivity contribution is 0.390. The molecular weight excluding hydrogens is 292 g/mol. The van der Waals surface area contributed by atoms with Crippen molar-refractivity contribution in [2.24, 2.45) is 0 Å². The molecule has 2 aromatic carbocycles. The Morgan fingerprint density at radius 2 is 1.68 bits per heavy atom. The van der Waals surface area contributed by atoms with E-state index in [0.717, 1.165) is 13.1 Å². The molecule has 1 atom stereocenters. The van der Waals surface area contributed by atoms with Crippen LogP contribution in [0.25, 0.3) is 0 Å². The Bertz CT molecular complexity index is 562. The number of hydrogen-bond acceptors (Lipinski definition) is 2. The standard InChI is InChI=1S/C19H24N2.ClH/c1-21(2)13-7-11-17-16-9-4-3-8-15(16)14-20-19-12-6-5-10-18(17)19;/h3-6,8-10,12,17,20H,7,11,13-14H2,1-2H3;1H. The summed E-state index contributed by atoms with van der Waals surface area (Å²) in [6.45, 7) is 2.08. The number of nitrogens with one attached hydrogen (secondary N) is 1. The van der Waals surface area contributed by atoms with E-state index in [2.05, 4.69) is 72.8 Å². The van der Waals surface area contributed by atoms with Crippen LogP contribution in [0.2, 0.25) is 0 Å². The first kappa shape index (κ1) is 16.9. The van der Waals surface area contributed by atoms with Crippen molar-refractivity contribution in [3.8, 4) is 0 Å². The number of anilines is 1. The average molecular weight is 317 g/mol. The molecule has 0 radical (unpaired) electrons. The Morgan fingerprint density at radius 3 is 2.45 bits per heavy atom. The Kier molecular flexibility index (Phi) is 5.87. The van der Waals surface area contributed by atoms with Crippen LogP contribution in [-0.2, 0) is 6.54 Å². The summed E-state index contributed by atoms with van der Waals surface area (Å²) in [5.74, 6) is 0.507. The van der Waals surface area contributed by atoms with Crippen LogP contribution in [0.1, 0.15) is 35.4 Å². The van der Waals surface area contributed by atoms with Gasteiger partial charge in [0.25, 0.3) is 0 Å². The molecule has 2 nitrogen and oxygen atoms in total. The van der Waals surface area contributed by atoms with Gasteiger partial charge >= 0.3 is 0 Å². The van der Waals surface area contributed by atoms with Crippen LogP contribution in [0.3, 0.4) is 0 Å². The fraction of sp³-hybridized carbons (Fsp3) is 0.368. The van der Waals surface area contributed by atoms with Crippen LogP contribution in [-0.4, -0.2) is 25.5 Å². The van der Waals surface area contributed by atoms with E-state index in [-0.39, 0.29) is 12.4 Å². The molecule has 0 fully saturated rings. The Balaban J connectivity index is 0.00000176. The van der Waals surface area contributed by atoms with Crippen LogP contribution < -0.4 is 5.32 Å². The largest absolute Gasteiger partial charge is 0.381 e. The van der Waals surface area contributed by atoms with Gasteiger partial charge in [-0.3, -0.25) is 0 Å². The molecule has 0 bridgehead atoms. The normalized spacial score (nSPS) is 16.0. The highest BCUT2D eigenvalue weighted by atomic mass is 35.5. The molecule has 0 saturated heterocycles. The van der Waals surface area contributed by atoms with E-state index < -0.39 is 0 Å². The van der Waals surface area contributed by atoms with Crippen molar-refractivity contribution >= 4 is 18.1 Å². The third kappa shape index (κ3) is 3.63. The van der Waals surface area contributed by atoms with Gasteiger partial charge in [0.05, 0.1) is 0 Å². The number of rotatable bonds is 4. The molecule has 1 aliphatic heterocycles. The number of hydrogen-bond donors (Lipinski definition) is 1. The van der Waals surface area contributed by atoms with Crippen molar-refractivity contribution in [3.63, 3.8) is 0 Å². The van der Waals surface area contributed by atoms with Crippen molar-refractivity contribution in [2.75, 3.05) is 26.0 Å². The predicted molar refractivity (Wildman–Crippen MR) is 97.1 cm³/mol. The minimum atomic E-state index is 0. The van der Waals surface area contributed by atoms with Crippen molar-refractivity contribution in [1.29, 1.82) is 0 Å². The first-order chi connectivity index (χ1) is 10.3. The van der Waals surface area contributed by atoms with Gasteiger partial charge in [-0.2, -0.15) is 0 Å². The SMILES string of the molecule is CN(C)CCCC1c2ccccc2CNc2ccccc21.Cl.